The van der Waals surface area contributed by atoms with E-state index >= 15 is 0 Å². The zero-order chi connectivity index (χ0) is 8.97. The van der Waals surface area contributed by atoms with E-state index in [1.807, 2.05) is 6.92 Å². The van der Waals surface area contributed by atoms with Gasteiger partial charge in [-0.05, 0) is 13.8 Å². The molecule has 1 rings (SSSR count). The number of rotatable bonds is 3. The first kappa shape index (κ1) is 8.93. The molecule has 0 bridgehead atoms. The first-order valence-corrected chi connectivity index (χ1v) is 3.78. The number of aliphatic hydroxyl groups is 1. The molecule has 4 heteroatoms. The summed E-state index contributed by atoms with van der Waals surface area (Å²) in [5.74, 6) is 1.21. The Morgan fingerprint density at radius 1 is 1.42 bits per heavy atom. The number of hydrogen-bond acceptors (Lipinski definition) is 4. The van der Waals surface area contributed by atoms with Gasteiger partial charge in [-0.1, -0.05) is 0 Å². The molecule has 1 heterocycles. The Morgan fingerprint density at radius 3 is 2.75 bits per heavy atom. The van der Waals surface area contributed by atoms with Crippen LogP contribution in [0.25, 0.3) is 0 Å². The van der Waals surface area contributed by atoms with Crippen LogP contribution in [0.1, 0.15) is 11.5 Å². The Balaban J connectivity index is 2.72. The van der Waals surface area contributed by atoms with Crippen molar-refractivity contribution in [2.24, 2.45) is 0 Å². The molecule has 0 saturated carbocycles. The molecule has 0 radical (unpaired) electrons. The smallest absolute Gasteiger partial charge is 0.216 e. The van der Waals surface area contributed by atoms with Gasteiger partial charge in [-0.3, -0.25) is 0 Å². The quantitative estimate of drug-likeness (QED) is 0.712. The van der Waals surface area contributed by atoms with E-state index in [4.69, 9.17) is 9.84 Å². The van der Waals surface area contributed by atoms with Gasteiger partial charge in [-0.15, -0.1) is 0 Å². The summed E-state index contributed by atoms with van der Waals surface area (Å²) in [5, 5.41) is 8.50. The van der Waals surface area contributed by atoms with Crippen molar-refractivity contribution in [2.75, 3.05) is 13.2 Å². The van der Waals surface area contributed by atoms with Gasteiger partial charge in [0.25, 0.3) is 0 Å². The number of ether oxygens (including phenoxy) is 1. The zero-order valence-electron chi connectivity index (χ0n) is 7.24. The molecule has 0 aliphatic carbocycles. The fourth-order valence-electron chi connectivity index (χ4n) is 0.907. The Morgan fingerprint density at radius 2 is 2.17 bits per heavy atom. The number of nitrogens with zero attached hydrogens (tertiary/aromatic N) is 2. The van der Waals surface area contributed by atoms with Gasteiger partial charge in [0.2, 0.25) is 5.88 Å². The fraction of sp³-hybridized carbons (Fsp3) is 0.500. The average molecular weight is 168 g/mol. The van der Waals surface area contributed by atoms with Crippen molar-refractivity contribution < 1.29 is 9.84 Å². The second kappa shape index (κ2) is 4.01. The lowest BCUT2D eigenvalue weighted by Gasteiger charge is -2.03. The normalized spacial score (nSPS) is 9.92. The van der Waals surface area contributed by atoms with Crippen LogP contribution >= 0.6 is 0 Å². The van der Waals surface area contributed by atoms with Crippen molar-refractivity contribution in [1.29, 1.82) is 0 Å². The minimum absolute atomic E-state index is 0.00208. The highest BCUT2D eigenvalue weighted by molar-refractivity contribution is 5.14. The van der Waals surface area contributed by atoms with E-state index in [9.17, 15) is 0 Å². The molecule has 0 atom stereocenters. The van der Waals surface area contributed by atoms with Gasteiger partial charge in [-0.25, -0.2) is 4.98 Å². The van der Waals surface area contributed by atoms with Crippen molar-refractivity contribution in [3.8, 4) is 5.88 Å². The minimum atomic E-state index is 0.00208. The molecule has 1 aromatic heterocycles. The van der Waals surface area contributed by atoms with Crippen LogP contribution in [0, 0.1) is 13.8 Å². The molecule has 1 aromatic rings. The third-order valence-electron chi connectivity index (χ3n) is 1.28. The van der Waals surface area contributed by atoms with E-state index in [2.05, 4.69) is 9.97 Å². The maximum Gasteiger partial charge on any atom is 0.216 e. The molecule has 0 amide bonds. The molecule has 1 N–H and O–H groups in total. The highest BCUT2D eigenvalue weighted by Gasteiger charge is 1.98. The van der Waals surface area contributed by atoms with Crippen LogP contribution < -0.4 is 4.74 Å². The Bertz CT molecular complexity index is 243. The molecule has 0 unspecified atom stereocenters. The van der Waals surface area contributed by atoms with Gasteiger partial charge in [0.15, 0.2) is 0 Å². The number of aromatic nitrogens is 2. The Hall–Kier alpha value is -1.16. The van der Waals surface area contributed by atoms with Gasteiger partial charge in [0.1, 0.15) is 12.4 Å². The fourth-order valence-corrected chi connectivity index (χ4v) is 0.907. The highest BCUT2D eigenvalue weighted by atomic mass is 16.5. The van der Waals surface area contributed by atoms with Crippen LogP contribution in [0.2, 0.25) is 0 Å². The largest absolute Gasteiger partial charge is 0.475 e. The summed E-state index contributed by atoms with van der Waals surface area (Å²) in [7, 11) is 0. The molecule has 66 valence electrons. The SMILES string of the molecule is Cc1cc(OCCO)nc(C)n1. The van der Waals surface area contributed by atoms with E-state index in [1.165, 1.54) is 0 Å². The first-order chi connectivity index (χ1) is 5.72. The molecule has 0 spiro atoms. The summed E-state index contributed by atoms with van der Waals surface area (Å²) in [4.78, 5) is 8.12. The topological polar surface area (TPSA) is 55.2 Å². The maximum atomic E-state index is 8.50. The van der Waals surface area contributed by atoms with Crippen LogP contribution in [0.5, 0.6) is 5.88 Å². The Labute approximate surface area is 71.2 Å². The van der Waals surface area contributed by atoms with Crippen molar-refractivity contribution in [3.05, 3.63) is 17.6 Å². The van der Waals surface area contributed by atoms with Crippen LogP contribution in [-0.2, 0) is 0 Å². The molecule has 0 saturated heterocycles. The Kier molecular flexibility index (Phi) is 2.99. The van der Waals surface area contributed by atoms with Crippen molar-refractivity contribution >= 4 is 0 Å². The third kappa shape index (κ3) is 2.47. The lowest BCUT2D eigenvalue weighted by molar-refractivity contribution is 0.196. The molecule has 12 heavy (non-hydrogen) atoms. The van der Waals surface area contributed by atoms with Crippen molar-refractivity contribution in [1.82, 2.24) is 9.97 Å². The summed E-state index contributed by atoms with van der Waals surface area (Å²) in [5.41, 5.74) is 0.871. The second-order valence-electron chi connectivity index (χ2n) is 2.47. The van der Waals surface area contributed by atoms with E-state index in [0.717, 1.165) is 5.69 Å². The molecule has 4 nitrogen and oxygen atoms in total. The molecule has 0 fully saturated rings. The molecule has 0 aliphatic rings. The predicted molar refractivity (Wildman–Crippen MR) is 44.1 cm³/mol. The summed E-state index contributed by atoms with van der Waals surface area (Å²) >= 11 is 0. The van der Waals surface area contributed by atoms with Crippen LogP contribution in [0.3, 0.4) is 0 Å². The van der Waals surface area contributed by atoms with Crippen LogP contribution in [0.4, 0.5) is 0 Å². The maximum absolute atomic E-state index is 8.50. The lowest BCUT2D eigenvalue weighted by Crippen LogP contribution is -2.04. The van der Waals surface area contributed by atoms with E-state index in [1.54, 1.807) is 13.0 Å². The van der Waals surface area contributed by atoms with E-state index in [-0.39, 0.29) is 13.2 Å². The highest BCUT2D eigenvalue weighted by Crippen LogP contribution is 2.07. The average Bonchev–Trinajstić information content (AvgIpc) is 1.99. The predicted octanol–water partition coefficient (Wildman–Crippen LogP) is 0.465. The lowest BCUT2D eigenvalue weighted by atomic mass is 10.4. The standard InChI is InChI=1S/C8H12N2O2/c1-6-5-8(12-4-3-11)10-7(2)9-6/h5,11H,3-4H2,1-2H3. The minimum Gasteiger partial charge on any atom is -0.475 e. The molecular weight excluding hydrogens is 156 g/mol. The zero-order valence-corrected chi connectivity index (χ0v) is 7.24. The molecular formula is C8H12N2O2. The van der Waals surface area contributed by atoms with Crippen LogP contribution in [-0.4, -0.2) is 28.3 Å². The third-order valence-corrected chi connectivity index (χ3v) is 1.28. The van der Waals surface area contributed by atoms with E-state index < -0.39 is 0 Å². The number of aryl methyl sites for hydroxylation is 2. The molecule has 0 aromatic carbocycles. The second-order valence-corrected chi connectivity index (χ2v) is 2.47. The van der Waals surface area contributed by atoms with Crippen LogP contribution in [0.15, 0.2) is 6.07 Å². The monoisotopic (exact) mass is 168 g/mol. The summed E-state index contributed by atoms with van der Waals surface area (Å²) in [6.07, 6.45) is 0. The van der Waals surface area contributed by atoms with Gasteiger partial charge in [0.05, 0.1) is 6.61 Å². The summed E-state index contributed by atoms with van der Waals surface area (Å²) in [6, 6.07) is 1.74. The van der Waals surface area contributed by atoms with E-state index in [0.29, 0.717) is 11.7 Å². The van der Waals surface area contributed by atoms with Crippen molar-refractivity contribution in [2.45, 2.75) is 13.8 Å². The summed E-state index contributed by atoms with van der Waals surface area (Å²) in [6.45, 7) is 3.96. The van der Waals surface area contributed by atoms with Gasteiger partial charge < -0.3 is 9.84 Å². The number of aliphatic hydroxyl groups excluding tert-OH is 1. The molecule has 0 aliphatic heterocycles. The first-order valence-electron chi connectivity index (χ1n) is 3.78. The van der Waals surface area contributed by atoms with Gasteiger partial charge in [0, 0.05) is 11.8 Å². The van der Waals surface area contributed by atoms with Crippen molar-refractivity contribution in [3.63, 3.8) is 0 Å². The summed E-state index contributed by atoms with van der Waals surface area (Å²) < 4.78 is 5.12. The van der Waals surface area contributed by atoms with Gasteiger partial charge in [-0.2, -0.15) is 4.98 Å². The number of hydrogen-bond donors (Lipinski definition) is 1. The van der Waals surface area contributed by atoms with Gasteiger partial charge >= 0.3 is 0 Å².